The second-order valence-electron chi connectivity index (χ2n) is 4.68. The topological polar surface area (TPSA) is 92.4 Å². The number of nitrogens with one attached hydrogen (secondary N) is 1. The molecule has 1 amide bonds. The molecule has 112 valence electrons. The number of hydrogen-bond acceptors (Lipinski definition) is 5. The summed E-state index contributed by atoms with van der Waals surface area (Å²) in [5.74, 6) is -1.04. The number of rotatable bonds is 6. The van der Waals surface area contributed by atoms with Crippen molar-refractivity contribution in [1.29, 1.82) is 0 Å². The van der Waals surface area contributed by atoms with Crippen LogP contribution in [-0.4, -0.2) is 28.0 Å². The van der Waals surface area contributed by atoms with Crippen molar-refractivity contribution in [2.75, 3.05) is 0 Å². The summed E-state index contributed by atoms with van der Waals surface area (Å²) >= 11 is 1.16. The number of thiazole rings is 1. The Bertz CT molecular complexity index is 621. The lowest BCUT2D eigenvalue weighted by atomic mass is 9.99. The highest BCUT2D eigenvalue weighted by molar-refractivity contribution is 7.16. The van der Waals surface area contributed by atoms with Crippen LogP contribution in [0, 0.1) is 5.92 Å². The van der Waals surface area contributed by atoms with E-state index in [4.69, 9.17) is 4.42 Å². The fourth-order valence-electron chi connectivity index (χ4n) is 1.79. The van der Waals surface area contributed by atoms with Crippen molar-refractivity contribution >= 4 is 23.2 Å². The van der Waals surface area contributed by atoms with Crippen LogP contribution >= 0.6 is 11.3 Å². The van der Waals surface area contributed by atoms with Crippen LogP contribution in [0.15, 0.2) is 29.0 Å². The molecule has 2 atom stereocenters. The minimum Gasteiger partial charge on any atom is -0.480 e. The molecule has 2 rings (SSSR count). The number of furan rings is 1. The van der Waals surface area contributed by atoms with E-state index in [1.54, 1.807) is 19.1 Å². The number of hydrogen-bond donors (Lipinski definition) is 2. The average Bonchev–Trinajstić information content (AvgIpc) is 3.12. The molecule has 0 saturated carbocycles. The summed E-state index contributed by atoms with van der Waals surface area (Å²) in [6.07, 6.45) is 3.62. The summed E-state index contributed by atoms with van der Waals surface area (Å²) in [6, 6.07) is 2.58. The summed E-state index contributed by atoms with van der Waals surface area (Å²) < 4.78 is 5.21. The van der Waals surface area contributed by atoms with E-state index in [9.17, 15) is 14.7 Å². The third-order valence-corrected chi connectivity index (χ3v) is 4.24. The first-order valence-corrected chi connectivity index (χ1v) is 7.38. The van der Waals surface area contributed by atoms with Gasteiger partial charge in [0.15, 0.2) is 10.8 Å². The summed E-state index contributed by atoms with van der Waals surface area (Å²) in [5, 5.41) is 12.3. The first-order chi connectivity index (χ1) is 10.0. The predicted octanol–water partition coefficient (Wildman–Crippen LogP) is 2.63. The Balaban J connectivity index is 2.11. The van der Waals surface area contributed by atoms with E-state index < -0.39 is 17.9 Å². The largest absolute Gasteiger partial charge is 0.480 e. The molecule has 21 heavy (non-hydrogen) atoms. The maximum absolute atomic E-state index is 12.1. The Morgan fingerprint density at radius 2 is 2.29 bits per heavy atom. The van der Waals surface area contributed by atoms with Crippen LogP contribution in [-0.2, 0) is 4.79 Å². The standard InChI is InChI=1S/C14H16N2O4S/c1-3-8(2)11(14(18)19)16-12(17)10-7-15-13(21-10)9-5-4-6-20-9/h4-8,11H,3H2,1-2H3,(H,16,17)(H,18,19). The van der Waals surface area contributed by atoms with Crippen LogP contribution < -0.4 is 5.32 Å². The monoisotopic (exact) mass is 308 g/mol. The number of amides is 1. The molecule has 0 aromatic carbocycles. The van der Waals surface area contributed by atoms with Gasteiger partial charge in [0.05, 0.1) is 12.5 Å². The van der Waals surface area contributed by atoms with Gasteiger partial charge in [-0.05, 0) is 18.1 Å². The second-order valence-corrected chi connectivity index (χ2v) is 5.71. The molecule has 0 aliphatic heterocycles. The number of carboxylic acids is 1. The lowest BCUT2D eigenvalue weighted by molar-refractivity contribution is -0.140. The molecule has 2 unspecified atom stereocenters. The lowest BCUT2D eigenvalue weighted by Crippen LogP contribution is -2.44. The number of aliphatic carboxylic acids is 1. The average molecular weight is 308 g/mol. The zero-order valence-electron chi connectivity index (χ0n) is 11.7. The van der Waals surface area contributed by atoms with E-state index in [1.807, 2.05) is 6.92 Å². The summed E-state index contributed by atoms with van der Waals surface area (Å²) in [4.78, 5) is 27.8. The van der Waals surface area contributed by atoms with Gasteiger partial charge in [0, 0.05) is 0 Å². The Morgan fingerprint density at radius 3 is 2.86 bits per heavy atom. The fraction of sp³-hybridized carbons (Fsp3) is 0.357. The molecule has 0 radical (unpaired) electrons. The van der Waals surface area contributed by atoms with Crippen molar-refractivity contribution in [2.45, 2.75) is 26.3 Å². The molecule has 0 spiro atoms. The van der Waals surface area contributed by atoms with Gasteiger partial charge < -0.3 is 14.8 Å². The molecular formula is C14H16N2O4S. The van der Waals surface area contributed by atoms with Crippen molar-refractivity contribution in [3.8, 4) is 10.8 Å². The highest BCUT2D eigenvalue weighted by Gasteiger charge is 2.26. The minimum absolute atomic E-state index is 0.149. The second kappa shape index (κ2) is 6.53. The van der Waals surface area contributed by atoms with Crippen LogP contribution in [0.2, 0.25) is 0 Å². The number of carboxylic acid groups (broad SMARTS) is 1. The molecule has 6 nitrogen and oxygen atoms in total. The minimum atomic E-state index is -1.03. The molecule has 0 saturated heterocycles. The molecule has 2 heterocycles. The van der Waals surface area contributed by atoms with Crippen molar-refractivity contribution in [3.63, 3.8) is 0 Å². The third kappa shape index (κ3) is 3.49. The smallest absolute Gasteiger partial charge is 0.326 e. The quantitative estimate of drug-likeness (QED) is 0.855. The molecule has 2 N–H and O–H groups in total. The number of nitrogens with zero attached hydrogens (tertiary/aromatic N) is 1. The van der Waals surface area contributed by atoms with Gasteiger partial charge in [-0.3, -0.25) is 4.79 Å². The van der Waals surface area contributed by atoms with Gasteiger partial charge in [0.2, 0.25) is 0 Å². The van der Waals surface area contributed by atoms with Gasteiger partial charge in [0.1, 0.15) is 10.9 Å². The molecule has 7 heteroatoms. The van der Waals surface area contributed by atoms with Gasteiger partial charge in [-0.25, -0.2) is 9.78 Å². The molecule has 0 bridgehead atoms. The summed E-state index contributed by atoms with van der Waals surface area (Å²) in [6.45, 7) is 3.68. The molecule has 0 aliphatic rings. The van der Waals surface area contributed by atoms with Crippen molar-refractivity contribution in [1.82, 2.24) is 10.3 Å². The number of carbonyl (C=O) groups excluding carboxylic acids is 1. The van der Waals surface area contributed by atoms with E-state index >= 15 is 0 Å². The molecule has 2 aromatic heterocycles. The van der Waals surface area contributed by atoms with Gasteiger partial charge in [0.25, 0.3) is 5.91 Å². The van der Waals surface area contributed by atoms with E-state index in [-0.39, 0.29) is 5.92 Å². The Morgan fingerprint density at radius 1 is 1.52 bits per heavy atom. The van der Waals surface area contributed by atoms with Gasteiger partial charge in [-0.1, -0.05) is 20.3 Å². The molecule has 0 aliphatic carbocycles. The first kappa shape index (κ1) is 15.2. The maximum atomic E-state index is 12.1. The predicted molar refractivity (Wildman–Crippen MR) is 78.2 cm³/mol. The van der Waals surface area contributed by atoms with Gasteiger partial charge >= 0.3 is 5.97 Å². The van der Waals surface area contributed by atoms with Crippen LogP contribution in [0.25, 0.3) is 10.8 Å². The maximum Gasteiger partial charge on any atom is 0.326 e. The van der Waals surface area contributed by atoms with Crippen molar-refractivity contribution in [3.05, 3.63) is 29.5 Å². The molecule has 2 aromatic rings. The third-order valence-electron chi connectivity index (χ3n) is 3.23. The number of aromatic nitrogens is 1. The van der Waals surface area contributed by atoms with Crippen LogP contribution in [0.3, 0.4) is 0 Å². The van der Waals surface area contributed by atoms with Crippen LogP contribution in [0.5, 0.6) is 0 Å². The van der Waals surface area contributed by atoms with E-state index in [0.717, 1.165) is 11.3 Å². The highest BCUT2D eigenvalue weighted by atomic mass is 32.1. The lowest BCUT2D eigenvalue weighted by Gasteiger charge is -2.19. The zero-order valence-corrected chi connectivity index (χ0v) is 12.5. The highest BCUT2D eigenvalue weighted by Crippen LogP contribution is 2.25. The van der Waals surface area contributed by atoms with Crippen molar-refractivity contribution < 1.29 is 19.1 Å². The Hall–Kier alpha value is -2.15. The van der Waals surface area contributed by atoms with E-state index in [2.05, 4.69) is 10.3 Å². The van der Waals surface area contributed by atoms with E-state index in [1.165, 1.54) is 12.5 Å². The summed E-state index contributed by atoms with van der Waals surface area (Å²) in [5.41, 5.74) is 0. The summed E-state index contributed by atoms with van der Waals surface area (Å²) in [7, 11) is 0. The van der Waals surface area contributed by atoms with Crippen LogP contribution in [0.4, 0.5) is 0 Å². The number of carbonyl (C=O) groups is 2. The zero-order chi connectivity index (χ0) is 15.4. The van der Waals surface area contributed by atoms with Crippen LogP contribution in [0.1, 0.15) is 29.9 Å². The Labute approximate surface area is 125 Å². The SMILES string of the molecule is CCC(C)C(NC(=O)c1cnc(-c2ccco2)s1)C(=O)O. The Kier molecular flexibility index (Phi) is 4.74. The van der Waals surface area contributed by atoms with Gasteiger partial charge in [-0.15, -0.1) is 11.3 Å². The molecule has 0 fully saturated rings. The van der Waals surface area contributed by atoms with E-state index in [0.29, 0.717) is 22.1 Å². The van der Waals surface area contributed by atoms with Gasteiger partial charge in [-0.2, -0.15) is 0 Å². The fourth-order valence-corrected chi connectivity index (χ4v) is 2.58. The molecular weight excluding hydrogens is 292 g/mol. The normalized spacial score (nSPS) is 13.6. The van der Waals surface area contributed by atoms with Crippen molar-refractivity contribution in [2.24, 2.45) is 5.92 Å². The first-order valence-electron chi connectivity index (χ1n) is 6.56.